The molecule has 2 aromatic heterocycles. The molecule has 0 aliphatic rings. The number of para-hydroxylation sites is 2. The van der Waals surface area contributed by atoms with Crippen molar-refractivity contribution in [3.63, 3.8) is 0 Å². The minimum absolute atomic E-state index is 0.234. The van der Waals surface area contributed by atoms with Crippen molar-refractivity contribution in [3.05, 3.63) is 48.3 Å². The maximum atomic E-state index is 12.3. The van der Waals surface area contributed by atoms with Crippen LogP contribution in [0.1, 0.15) is 27.7 Å². The van der Waals surface area contributed by atoms with E-state index in [4.69, 9.17) is 0 Å². The monoisotopic (exact) mass is 282 g/mol. The molecule has 0 spiro atoms. The zero-order chi connectivity index (χ0) is 15.0. The summed E-state index contributed by atoms with van der Waals surface area (Å²) in [5, 5.41) is 0. The van der Waals surface area contributed by atoms with Crippen LogP contribution in [0.25, 0.3) is 11.0 Å². The van der Waals surface area contributed by atoms with Crippen molar-refractivity contribution in [2.45, 2.75) is 6.42 Å². The summed E-state index contributed by atoms with van der Waals surface area (Å²) >= 11 is 0. The SMILES string of the molecule is Cn1ccnc1C(=O)CC(=O)c1nc2ccccc2n1C. The van der Waals surface area contributed by atoms with Crippen LogP contribution in [0.2, 0.25) is 0 Å². The van der Waals surface area contributed by atoms with Crippen LogP contribution in [-0.4, -0.2) is 30.7 Å². The number of imidazole rings is 2. The lowest BCUT2D eigenvalue weighted by Crippen LogP contribution is -2.15. The van der Waals surface area contributed by atoms with E-state index in [1.165, 1.54) is 6.20 Å². The summed E-state index contributed by atoms with van der Waals surface area (Å²) in [7, 11) is 3.49. The minimum Gasteiger partial charge on any atom is -0.332 e. The summed E-state index contributed by atoms with van der Waals surface area (Å²) in [6, 6.07) is 7.48. The molecule has 0 radical (unpaired) electrons. The number of carbonyl (C=O) groups is 2. The third-order valence-electron chi connectivity index (χ3n) is 3.43. The number of rotatable bonds is 4. The summed E-state index contributed by atoms with van der Waals surface area (Å²) < 4.78 is 3.31. The molecule has 0 fully saturated rings. The largest absolute Gasteiger partial charge is 0.332 e. The Bertz CT molecular complexity index is 844. The van der Waals surface area contributed by atoms with Crippen LogP contribution in [0.3, 0.4) is 0 Å². The van der Waals surface area contributed by atoms with Gasteiger partial charge in [0, 0.05) is 26.5 Å². The molecule has 106 valence electrons. The Balaban J connectivity index is 1.89. The molecule has 0 atom stereocenters. The standard InChI is InChI=1S/C15H14N4O2/c1-18-8-7-16-14(18)12(20)9-13(21)15-17-10-5-3-4-6-11(10)19(15)2/h3-8H,9H2,1-2H3. The topological polar surface area (TPSA) is 69.8 Å². The Morgan fingerprint density at radius 3 is 2.48 bits per heavy atom. The molecule has 0 N–H and O–H groups in total. The molecule has 6 nitrogen and oxygen atoms in total. The number of ketones is 2. The number of Topliss-reactive ketones (excluding diaryl/α,β-unsaturated/α-hetero) is 2. The molecular weight excluding hydrogens is 268 g/mol. The lowest BCUT2D eigenvalue weighted by molar-refractivity contribution is 0.0879. The molecule has 0 bridgehead atoms. The molecule has 0 amide bonds. The summed E-state index contributed by atoms with van der Waals surface area (Å²) in [5.41, 5.74) is 1.61. The lowest BCUT2D eigenvalue weighted by atomic mass is 10.2. The Morgan fingerprint density at radius 1 is 1.10 bits per heavy atom. The van der Waals surface area contributed by atoms with Crippen molar-refractivity contribution in [2.24, 2.45) is 14.1 Å². The van der Waals surface area contributed by atoms with Gasteiger partial charge in [-0.1, -0.05) is 12.1 Å². The minimum atomic E-state index is -0.306. The van der Waals surface area contributed by atoms with Crippen molar-refractivity contribution in [2.75, 3.05) is 0 Å². The molecule has 3 rings (SSSR count). The molecular formula is C15H14N4O2. The number of aromatic nitrogens is 4. The number of carbonyl (C=O) groups excluding carboxylic acids is 2. The maximum absolute atomic E-state index is 12.3. The third-order valence-corrected chi connectivity index (χ3v) is 3.43. The fourth-order valence-electron chi connectivity index (χ4n) is 2.33. The highest BCUT2D eigenvalue weighted by Crippen LogP contribution is 2.16. The molecule has 21 heavy (non-hydrogen) atoms. The maximum Gasteiger partial charge on any atom is 0.206 e. The number of fused-ring (bicyclic) bond motifs is 1. The van der Waals surface area contributed by atoms with Crippen molar-refractivity contribution in [1.82, 2.24) is 19.1 Å². The van der Waals surface area contributed by atoms with Crippen LogP contribution in [0.4, 0.5) is 0 Å². The highest BCUT2D eigenvalue weighted by molar-refractivity contribution is 6.11. The summed E-state index contributed by atoms with van der Waals surface area (Å²) in [4.78, 5) is 32.7. The van der Waals surface area contributed by atoms with Gasteiger partial charge in [0.05, 0.1) is 17.5 Å². The van der Waals surface area contributed by atoms with Gasteiger partial charge < -0.3 is 9.13 Å². The number of hydrogen-bond acceptors (Lipinski definition) is 4. The number of benzene rings is 1. The lowest BCUT2D eigenvalue weighted by Gasteiger charge is -2.02. The van der Waals surface area contributed by atoms with Gasteiger partial charge in [0.25, 0.3) is 0 Å². The molecule has 0 saturated carbocycles. The van der Waals surface area contributed by atoms with Gasteiger partial charge in [0.15, 0.2) is 11.6 Å². The van der Waals surface area contributed by atoms with Crippen molar-refractivity contribution >= 4 is 22.6 Å². The van der Waals surface area contributed by atoms with E-state index in [9.17, 15) is 9.59 Å². The van der Waals surface area contributed by atoms with Gasteiger partial charge in [-0.2, -0.15) is 0 Å². The molecule has 0 aliphatic heterocycles. The fraction of sp³-hybridized carbons (Fsp3) is 0.200. The molecule has 6 heteroatoms. The smallest absolute Gasteiger partial charge is 0.206 e. The highest BCUT2D eigenvalue weighted by Gasteiger charge is 2.21. The zero-order valence-corrected chi connectivity index (χ0v) is 11.8. The average Bonchev–Trinajstić information content (AvgIpc) is 3.03. The Kier molecular flexibility index (Phi) is 3.13. The van der Waals surface area contributed by atoms with Crippen molar-refractivity contribution in [1.29, 1.82) is 0 Å². The predicted molar refractivity (Wildman–Crippen MR) is 77.2 cm³/mol. The molecule has 0 aliphatic carbocycles. The first-order valence-corrected chi connectivity index (χ1v) is 6.53. The fourth-order valence-corrected chi connectivity index (χ4v) is 2.33. The second-order valence-corrected chi connectivity index (χ2v) is 4.87. The van der Waals surface area contributed by atoms with Crippen LogP contribution < -0.4 is 0 Å². The van der Waals surface area contributed by atoms with E-state index in [2.05, 4.69) is 9.97 Å². The van der Waals surface area contributed by atoms with Gasteiger partial charge in [0.1, 0.15) is 0 Å². The van der Waals surface area contributed by atoms with Gasteiger partial charge >= 0.3 is 0 Å². The van der Waals surface area contributed by atoms with E-state index in [1.54, 1.807) is 29.4 Å². The molecule has 0 saturated heterocycles. The predicted octanol–water partition coefficient (Wildman–Crippen LogP) is 1.76. The number of aryl methyl sites for hydroxylation is 2. The number of hydrogen-bond donors (Lipinski definition) is 0. The molecule has 1 aromatic carbocycles. The molecule has 2 heterocycles. The van der Waals surface area contributed by atoms with E-state index in [0.29, 0.717) is 5.82 Å². The molecule has 0 unspecified atom stereocenters. The number of nitrogens with zero attached hydrogens (tertiary/aromatic N) is 4. The van der Waals surface area contributed by atoms with E-state index in [-0.39, 0.29) is 23.8 Å². The summed E-state index contributed by atoms with van der Waals surface area (Å²) in [6.07, 6.45) is 2.97. The van der Waals surface area contributed by atoms with E-state index >= 15 is 0 Å². The van der Waals surface area contributed by atoms with E-state index < -0.39 is 0 Å². The van der Waals surface area contributed by atoms with Gasteiger partial charge in [0.2, 0.25) is 11.6 Å². The second-order valence-electron chi connectivity index (χ2n) is 4.87. The normalized spacial score (nSPS) is 11.0. The van der Waals surface area contributed by atoms with Gasteiger partial charge in [-0.15, -0.1) is 0 Å². The summed E-state index contributed by atoms with van der Waals surface area (Å²) in [5.74, 6) is -0.0397. The van der Waals surface area contributed by atoms with Crippen LogP contribution in [-0.2, 0) is 14.1 Å². The van der Waals surface area contributed by atoms with Crippen LogP contribution in [0, 0.1) is 0 Å². The zero-order valence-electron chi connectivity index (χ0n) is 11.8. The van der Waals surface area contributed by atoms with E-state index in [0.717, 1.165) is 11.0 Å². The average molecular weight is 282 g/mol. The third kappa shape index (κ3) is 2.24. The Hall–Kier alpha value is -2.76. The first-order valence-electron chi connectivity index (χ1n) is 6.53. The second kappa shape index (κ2) is 4.97. The van der Waals surface area contributed by atoms with Crippen LogP contribution in [0.5, 0.6) is 0 Å². The first kappa shape index (κ1) is 13.2. The van der Waals surface area contributed by atoms with Gasteiger partial charge in [-0.25, -0.2) is 9.97 Å². The van der Waals surface area contributed by atoms with Crippen molar-refractivity contribution < 1.29 is 9.59 Å². The van der Waals surface area contributed by atoms with Crippen molar-refractivity contribution in [3.8, 4) is 0 Å². The first-order chi connectivity index (χ1) is 10.1. The van der Waals surface area contributed by atoms with E-state index in [1.807, 2.05) is 24.3 Å². The van der Waals surface area contributed by atoms with Gasteiger partial charge in [-0.05, 0) is 12.1 Å². The summed E-state index contributed by atoms with van der Waals surface area (Å²) in [6.45, 7) is 0. The van der Waals surface area contributed by atoms with Crippen LogP contribution in [0.15, 0.2) is 36.7 Å². The molecule has 3 aromatic rings. The quantitative estimate of drug-likeness (QED) is 0.540. The Morgan fingerprint density at radius 2 is 1.81 bits per heavy atom. The Labute approximate surface area is 121 Å². The van der Waals surface area contributed by atoms with Gasteiger partial charge in [-0.3, -0.25) is 9.59 Å². The van der Waals surface area contributed by atoms with Crippen LogP contribution >= 0.6 is 0 Å². The highest BCUT2D eigenvalue weighted by atomic mass is 16.2.